The number of carbonyl (C=O) groups is 1. The second kappa shape index (κ2) is 9.50. The Labute approximate surface area is 162 Å². The fourth-order valence-corrected chi connectivity index (χ4v) is 2.94. The number of aromatic nitrogens is 2. The van der Waals surface area contributed by atoms with Gasteiger partial charge in [0.25, 0.3) is 5.91 Å². The van der Waals surface area contributed by atoms with Crippen LogP contribution in [0.4, 0.5) is 11.5 Å². The number of hydrogen-bond acceptors (Lipinski definition) is 7. The zero-order valence-corrected chi connectivity index (χ0v) is 15.8. The first-order valence-corrected chi connectivity index (χ1v) is 9.04. The van der Waals surface area contributed by atoms with Gasteiger partial charge in [0.15, 0.2) is 0 Å². The topological polar surface area (TPSA) is 88.6 Å². The summed E-state index contributed by atoms with van der Waals surface area (Å²) in [7, 11) is 1.56. The smallest absolute Gasteiger partial charge is 0.270 e. The van der Waals surface area contributed by atoms with E-state index in [4.69, 9.17) is 21.1 Å². The van der Waals surface area contributed by atoms with Gasteiger partial charge in [0.1, 0.15) is 23.6 Å². The van der Waals surface area contributed by atoms with Gasteiger partial charge in [-0.3, -0.25) is 9.69 Å². The minimum atomic E-state index is -0.235. The van der Waals surface area contributed by atoms with E-state index >= 15 is 0 Å². The lowest BCUT2D eigenvalue weighted by atomic mass is 10.3. The minimum absolute atomic E-state index is 0.235. The first-order chi connectivity index (χ1) is 13.2. The fraction of sp³-hybridized carbons (Fsp3) is 0.389. The lowest BCUT2D eigenvalue weighted by Crippen LogP contribution is -2.41. The predicted molar refractivity (Wildman–Crippen MR) is 103 cm³/mol. The summed E-state index contributed by atoms with van der Waals surface area (Å²) in [6.07, 6.45) is 1.35. The lowest BCUT2D eigenvalue weighted by molar-refractivity contribution is 0.0383. The molecule has 8 nitrogen and oxygen atoms in total. The molecule has 0 atom stereocenters. The molecule has 1 fully saturated rings. The van der Waals surface area contributed by atoms with Crippen LogP contribution in [0, 0.1) is 0 Å². The van der Waals surface area contributed by atoms with E-state index in [1.165, 1.54) is 6.33 Å². The second-order valence-corrected chi connectivity index (χ2v) is 6.38. The number of anilines is 2. The van der Waals surface area contributed by atoms with Crippen LogP contribution in [-0.2, 0) is 4.74 Å². The first-order valence-electron chi connectivity index (χ1n) is 8.66. The third-order valence-corrected chi connectivity index (χ3v) is 4.44. The maximum Gasteiger partial charge on any atom is 0.270 e. The summed E-state index contributed by atoms with van der Waals surface area (Å²) < 4.78 is 10.4. The van der Waals surface area contributed by atoms with Crippen molar-refractivity contribution < 1.29 is 14.3 Å². The molecule has 1 aromatic heterocycles. The molecule has 0 aliphatic carbocycles. The normalized spacial score (nSPS) is 14.6. The van der Waals surface area contributed by atoms with E-state index in [0.29, 0.717) is 28.8 Å². The van der Waals surface area contributed by atoms with Gasteiger partial charge in [-0.2, -0.15) is 0 Å². The quantitative estimate of drug-likeness (QED) is 0.745. The van der Waals surface area contributed by atoms with E-state index in [9.17, 15) is 4.79 Å². The maximum absolute atomic E-state index is 12.3. The molecule has 0 spiro atoms. The Kier molecular flexibility index (Phi) is 6.80. The standard InChI is InChI=1S/C18H22ClN5O3/c1-26-16-3-2-13(10-14(16)19)23-17-11-15(21-12-22-17)18(25)20-4-5-24-6-8-27-9-7-24/h2-3,10-12H,4-9H2,1H3,(H,20,25)(H,21,22,23). The summed E-state index contributed by atoms with van der Waals surface area (Å²) in [5.74, 6) is 0.858. The molecule has 2 N–H and O–H groups in total. The van der Waals surface area contributed by atoms with Crippen molar-refractivity contribution in [3.63, 3.8) is 0 Å². The van der Waals surface area contributed by atoms with Crippen molar-refractivity contribution in [2.75, 3.05) is 51.8 Å². The Hall–Kier alpha value is -2.42. The van der Waals surface area contributed by atoms with Gasteiger partial charge in [-0.15, -0.1) is 0 Å². The number of ether oxygens (including phenoxy) is 2. The van der Waals surface area contributed by atoms with E-state index < -0.39 is 0 Å². The van der Waals surface area contributed by atoms with Crippen LogP contribution in [0.1, 0.15) is 10.5 Å². The average molecular weight is 392 g/mol. The van der Waals surface area contributed by atoms with Crippen LogP contribution < -0.4 is 15.4 Å². The van der Waals surface area contributed by atoms with E-state index in [1.54, 1.807) is 25.3 Å². The molecule has 0 saturated carbocycles. The van der Waals surface area contributed by atoms with Gasteiger partial charge in [-0.05, 0) is 18.2 Å². The molecule has 0 radical (unpaired) electrons. The minimum Gasteiger partial charge on any atom is -0.495 e. The number of morpholine rings is 1. The molecule has 1 aliphatic heterocycles. The highest BCUT2D eigenvalue weighted by atomic mass is 35.5. The van der Waals surface area contributed by atoms with Crippen LogP contribution >= 0.6 is 11.6 Å². The Morgan fingerprint density at radius 3 is 2.85 bits per heavy atom. The van der Waals surface area contributed by atoms with Crippen molar-refractivity contribution in [3.05, 3.63) is 41.3 Å². The van der Waals surface area contributed by atoms with Crippen molar-refractivity contribution in [1.29, 1.82) is 0 Å². The Bertz CT molecular complexity index is 783. The summed E-state index contributed by atoms with van der Waals surface area (Å²) in [5, 5.41) is 6.47. The number of rotatable bonds is 7. The van der Waals surface area contributed by atoms with Crippen LogP contribution in [-0.4, -0.2) is 67.3 Å². The van der Waals surface area contributed by atoms with E-state index in [2.05, 4.69) is 25.5 Å². The van der Waals surface area contributed by atoms with Crippen molar-refractivity contribution in [1.82, 2.24) is 20.2 Å². The molecule has 144 valence electrons. The molecule has 0 unspecified atom stereocenters. The van der Waals surface area contributed by atoms with Gasteiger partial charge in [0.05, 0.1) is 25.3 Å². The molecule has 27 heavy (non-hydrogen) atoms. The van der Waals surface area contributed by atoms with Crippen molar-refractivity contribution >= 4 is 29.0 Å². The van der Waals surface area contributed by atoms with Crippen molar-refractivity contribution in [2.24, 2.45) is 0 Å². The van der Waals surface area contributed by atoms with Gasteiger partial charge in [0, 0.05) is 37.9 Å². The van der Waals surface area contributed by atoms with Gasteiger partial charge in [-0.25, -0.2) is 9.97 Å². The molecule has 3 rings (SSSR count). The fourth-order valence-electron chi connectivity index (χ4n) is 2.68. The number of carbonyl (C=O) groups excluding carboxylic acids is 1. The maximum atomic E-state index is 12.3. The van der Waals surface area contributed by atoms with Crippen LogP contribution in [0.5, 0.6) is 5.75 Å². The molecular formula is C18H22ClN5O3. The van der Waals surface area contributed by atoms with Crippen molar-refractivity contribution in [3.8, 4) is 5.75 Å². The monoisotopic (exact) mass is 391 g/mol. The third kappa shape index (κ3) is 5.53. The van der Waals surface area contributed by atoms with Gasteiger partial charge >= 0.3 is 0 Å². The highest BCUT2D eigenvalue weighted by molar-refractivity contribution is 6.32. The molecule has 2 aromatic rings. The van der Waals surface area contributed by atoms with Gasteiger partial charge in [-0.1, -0.05) is 11.6 Å². The average Bonchev–Trinajstić information content (AvgIpc) is 2.69. The summed E-state index contributed by atoms with van der Waals surface area (Å²) in [4.78, 5) is 22.8. The van der Waals surface area contributed by atoms with Gasteiger partial charge in [0.2, 0.25) is 0 Å². The molecule has 1 aromatic carbocycles. The highest BCUT2D eigenvalue weighted by Crippen LogP contribution is 2.28. The molecule has 1 aliphatic rings. The predicted octanol–water partition coefficient (Wildman–Crippen LogP) is 1.94. The number of nitrogens with zero attached hydrogens (tertiary/aromatic N) is 3. The van der Waals surface area contributed by atoms with Crippen LogP contribution in [0.2, 0.25) is 5.02 Å². The van der Waals surface area contributed by atoms with Crippen LogP contribution in [0.3, 0.4) is 0 Å². The SMILES string of the molecule is COc1ccc(Nc2cc(C(=O)NCCN3CCOCC3)ncn2)cc1Cl. The summed E-state index contributed by atoms with van der Waals surface area (Å²) in [6.45, 7) is 4.60. The van der Waals surface area contributed by atoms with Crippen LogP contribution in [0.15, 0.2) is 30.6 Å². The van der Waals surface area contributed by atoms with Crippen molar-refractivity contribution in [2.45, 2.75) is 0 Å². The first kappa shape index (κ1) is 19.3. The highest BCUT2D eigenvalue weighted by Gasteiger charge is 2.12. The van der Waals surface area contributed by atoms with Crippen LogP contribution in [0.25, 0.3) is 0 Å². The summed E-state index contributed by atoms with van der Waals surface area (Å²) in [5.41, 5.74) is 1.03. The lowest BCUT2D eigenvalue weighted by Gasteiger charge is -2.26. The zero-order chi connectivity index (χ0) is 19.1. The number of halogens is 1. The molecule has 0 bridgehead atoms. The van der Waals surface area contributed by atoms with E-state index in [0.717, 1.165) is 38.5 Å². The number of amides is 1. The summed E-state index contributed by atoms with van der Waals surface area (Å²) >= 11 is 6.13. The third-order valence-electron chi connectivity index (χ3n) is 4.14. The second-order valence-electron chi connectivity index (χ2n) is 5.97. The van der Waals surface area contributed by atoms with Gasteiger partial charge < -0.3 is 20.1 Å². The largest absolute Gasteiger partial charge is 0.495 e. The van der Waals surface area contributed by atoms with E-state index in [-0.39, 0.29) is 5.91 Å². The Morgan fingerprint density at radius 1 is 1.30 bits per heavy atom. The molecular weight excluding hydrogens is 370 g/mol. The molecule has 1 amide bonds. The Balaban J connectivity index is 1.56. The van der Waals surface area contributed by atoms with E-state index in [1.807, 2.05) is 6.07 Å². The summed E-state index contributed by atoms with van der Waals surface area (Å²) in [6, 6.07) is 6.90. The molecule has 2 heterocycles. The number of methoxy groups -OCH3 is 1. The zero-order valence-electron chi connectivity index (χ0n) is 15.1. The Morgan fingerprint density at radius 2 is 2.11 bits per heavy atom. The number of nitrogens with one attached hydrogen (secondary N) is 2. The number of hydrogen-bond donors (Lipinski definition) is 2. The molecule has 9 heteroatoms. The number of benzene rings is 1. The molecule has 1 saturated heterocycles.